The molecule has 1 atom stereocenters. The zero-order valence-corrected chi connectivity index (χ0v) is 12.0. The highest BCUT2D eigenvalue weighted by Gasteiger charge is 2.24. The molecule has 2 nitrogen and oxygen atoms in total. The SMILES string of the molecule is O=C(OC1CCCc2ccccc21)c1cc(S)cs1. The number of esters is 1. The molecule has 98 valence electrons. The number of carbonyl (C=O) groups excluding carboxylic acids is 1. The lowest BCUT2D eigenvalue weighted by Crippen LogP contribution is -2.16. The molecule has 0 saturated heterocycles. The zero-order chi connectivity index (χ0) is 13.2. The van der Waals surface area contributed by atoms with Crippen LogP contribution in [0.15, 0.2) is 40.6 Å². The number of rotatable bonds is 2. The summed E-state index contributed by atoms with van der Waals surface area (Å²) in [5, 5.41) is 1.84. The predicted molar refractivity (Wildman–Crippen MR) is 79.1 cm³/mol. The van der Waals surface area contributed by atoms with Gasteiger partial charge >= 0.3 is 5.97 Å². The van der Waals surface area contributed by atoms with Crippen LogP contribution in [0.4, 0.5) is 0 Å². The molecule has 1 aliphatic carbocycles. The first-order valence-electron chi connectivity index (χ1n) is 6.30. The Morgan fingerprint density at radius 2 is 2.21 bits per heavy atom. The fraction of sp³-hybridized carbons (Fsp3) is 0.267. The fourth-order valence-corrected chi connectivity index (χ4v) is 3.48. The molecule has 1 unspecified atom stereocenters. The second kappa shape index (κ2) is 5.39. The van der Waals surface area contributed by atoms with Gasteiger partial charge in [-0.05, 0) is 36.5 Å². The molecule has 1 aromatic heterocycles. The smallest absolute Gasteiger partial charge is 0.348 e. The highest BCUT2D eigenvalue weighted by atomic mass is 32.1. The molecule has 0 radical (unpaired) electrons. The van der Waals surface area contributed by atoms with Crippen molar-refractivity contribution in [2.45, 2.75) is 30.3 Å². The molecule has 1 heterocycles. The van der Waals surface area contributed by atoms with E-state index < -0.39 is 0 Å². The van der Waals surface area contributed by atoms with E-state index in [9.17, 15) is 4.79 Å². The van der Waals surface area contributed by atoms with Gasteiger partial charge in [0.15, 0.2) is 0 Å². The molecule has 19 heavy (non-hydrogen) atoms. The topological polar surface area (TPSA) is 26.3 Å². The van der Waals surface area contributed by atoms with E-state index in [0.717, 1.165) is 29.7 Å². The number of aryl methyl sites for hydroxylation is 1. The third-order valence-electron chi connectivity index (χ3n) is 3.35. The number of benzene rings is 1. The molecule has 0 fully saturated rings. The van der Waals surface area contributed by atoms with Crippen molar-refractivity contribution in [1.82, 2.24) is 0 Å². The van der Waals surface area contributed by atoms with Crippen molar-refractivity contribution in [3.05, 3.63) is 51.7 Å². The van der Waals surface area contributed by atoms with Gasteiger partial charge < -0.3 is 4.74 Å². The van der Waals surface area contributed by atoms with Crippen LogP contribution in [0.2, 0.25) is 0 Å². The molecule has 0 spiro atoms. The van der Waals surface area contributed by atoms with Crippen LogP contribution in [0.1, 0.15) is 39.7 Å². The fourth-order valence-electron chi connectivity index (χ4n) is 2.45. The van der Waals surface area contributed by atoms with Crippen molar-refractivity contribution in [1.29, 1.82) is 0 Å². The zero-order valence-electron chi connectivity index (χ0n) is 10.3. The molecule has 1 aromatic carbocycles. The van der Waals surface area contributed by atoms with Crippen molar-refractivity contribution in [3.63, 3.8) is 0 Å². The Balaban J connectivity index is 1.79. The van der Waals surface area contributed by atoms with Gasteiger partial charge in [0.05, 0.1) is 0 Å². The van der Waals surface area contributed by atoms with Gasteiger partial charge in [-0.15, -0.1) is 24.0 Å². The lowest BCUT2D eigenvalue weighted by Gasteiger charge is -2.25. The van der Waals surface area contributed by atoms with Crippen LogP contribution in [-0.2, 0) is 11.2 Å². The summed E-state index contributed by atoms with van der Waals surface area (Å²) in [6.07, 6.45) is 2.94. The highest BCUT2D eigenvalue weighted by Crippen LogP contribution is 2.33. The van der Waals surface area contributed by atoms with Crippen LogP contribution in [-0.4, -0.2) is 5.97 Å². The number of fused-ring (bicyclic) bond motifs is 1. The third kappa shape index (κ3) is 2.69. The maximum absolute atomic E-state index is 12.1. The van der Waals surface area contributed by atoms with Crippen LogP contribution in [0.3, 0.4) is 0 Å². The van der Waals surface area contributed by atoms with Crippen LogP contribution in [0, 0.1) is 0 Å². The number of hydrogen-bond acceptors (Lipinski definition) is 4. The van der Waals surface area contributed by atoms with E-state index in [4.69, 9.17) is 4.74 Å². The minimum Gasteiger partial charge on any atom is -0.453 e. The second-order valence-corrected chi connectivity index (χ2v) is 6.08. The summed E-state index contributed by atoms with van der Waals surface area (Å²) in [6, 6.07) is 9.97. The summed E-state index contributed by atoms with van der Waals surface area (Å²) in [6.45, 7) is 0. The van der Waals surface area contributed by atoms with Crippen molar-refractivity contribution < 1.29 is 9.53 Å². The van der Waals surface area contributed by atoms with Crippen molar-refractivity contribution in [2.75, 3.05) is 0 Å². The van der Waals surface area contributed by atoms with Crippen molar-refractivity contribution in [2.24, 2.45) is 0 Å². The van der Waals surface area contributed by atoms with E-state index in [0.29, 0.717) is 4.88 Å². The first-order chi connectivity index (χ1) is 9.24. The molecule has 4 heteroatoms. The van der Waals surface area contributed by atoms with Gasteiger partial charge in [0.25, 0.3) is 0 Å². The monoisotopic (exact) mass is 290 g/mol. The van der Waals surface area contributed by atoms with Crippen molar-refractivity contribution >= 4 is 29.9 Å². The quantitative estimate of drug-likeness (QED) is 0.660. The predicted octanol–water partition coefficient (Wildman–Crippen LogP) is 4.27. The van der Waals surface area contributed by atoms with E-state index in [1.54, 1.807) is 6.07 Å². The van der Waals surface area contributed by atoms with Gasteiger partial charge in [0.1, 0.15) is 11.0 Å². The largest absolute Gasteiger partial charge is 0.453 e. The van der Waals surface area contributed by atoms with E-state index in [1.165, 1.54) is 16.9 Å². The second-order valence-electron chi connectivity index (χ2n) is 4.65. The standard InChI is InChI=1S/C15H14O2S2/c16-15(14-8-11(18)9-19-14)17-13-7-3-5-10-4-1-2-6-12(10)13/h1-2,4,6,8-9,13,18H,3,5,7H2. The van der Waals surface area contributed by atoms with E-state index in [-0.39, 0.29) is 12.1 Å². The third-order valence-corrected chi connectivity index (χ3v) is 4.69. The minimum absolute atomic E-state index is 0.108. The first-order valence-corrected chi connectivity index (χ1v) is 7.63. The molecule has 1 aliphatic rings. The highest BCUT2D eigenvalue weighted by molar-refractivity contribution is 7.80. The van der Waals surface area contributed by atoms with Gasteiger partial charge in [-0.2, -0.15) is 0 Å². The van der Waals surface area contributed by atoms with E-state index in [1.807, 2.05) is 17.5 Å². The molecule has 3 rings (SSSR count). The molecule has 0 bridgehead atoms. The normalized spacial score (nSPS) is 17.8. The summed E-state index contributed by atoms with van der Waals surface area (Å²) >= 11 is 5.59. The summed E-state index contributed by atoms with van der Waals surface area (Å²) in [4.78, 5) is 13.5. The van der Waals surface area contributed by atoms with E-state index >= 15 is 0 Å². The Kier molecular flexibility index (Phi) is 3.62. The lowest BCUT2D eigenvalue weighted by atomic mass is 9.89. The first kappa shape index (κ1) is 12.8. The minimum atomic E-state index is -0.244. The van der Waals surface area contributed by atoms with Crippen molar-refractivity contribution in [3.8, 4) is 0 Å². The van der Waals surface area contributed by atoms with Crippen LogP contribution < -0.4 is 0 Å². The average Bonchev–Trinajstić information content (AvgIpc) is 2.86. The maximum atomic E-state index is 12.1. The van der Waals surface area contributed by atoms with Gasteiger partial charge in [0.2, 0.25) is 0 Å². The molecule has 2 aromatic rings. The number of hydrogen-bond donors (Lipinski definition) is 1. The van der Waals surface area contributed by atoms with Crippen LogP contribution in [0.25, 0.3) is 0 Å². The molecule has 0 saturated carbocycles. The molecule has 0 aliphatic heterocycles. The number of ether oxygens (including phenoxy) is 1. The summed E-state index contributed by atoms with van der Waals surface area (Å²) < 4.78 is 5.65. The summed E-state index contributed by atoms with van der Waals surface area (Å²) in [7, 11) is 0. The van der Waals surface area contributed by atoms with Crippen LogP contribution in [0.5, 0.6) is 0 Å². The molecule has 0 N–H and O–H groups in total. The Morgan fingerprint density at radius 1 is 1.37 bits per heavy atom. The summed E-state index contributed by atoms with van der Waals surface area (Å²) in [5.41, 5.74) is 2.46. The van der Waals surface area contributed by atoms with Gasteiger partial charge in [-0.25, -0.2) is 4.79 Å². The molecule has 0 amide bonds. The van der Waals surface area contributed by atoms with E-state index in [2.05, 4.69) is 24.8 Å². The summed E-state index contributed by atoms with van der Waals surface area (Å²) in [5.74, 6) is -0.244. The van der Waals surface area contributed by atoms with Gasteiger partial charge in [-0.3, -0.25) is 0 Å². The average molecular weight is 290 g/mol. The van der Waals surface area contributed by atoms with Crippen LogP contribution >= 0.6 is 24.0 Å². The number of carbonyl (C=O) groups is 1. The van der Waals surface area contributed by atoms with Gasteiger partial charge in [-0.1, -0.05) is 24.3 Å². The molecular formula is C15H14O2S2. The Morgan fingerprint density at radius 3 is 3.00 bits per heavy atom. The maximum Gasteiger partial charge on any atom is 0.348 e. The Labute approximate surface area is 121 Å². The molecular weight excluding hydrogens is 276 g/mol. The van der Waals surface area contributed by atoms with Gasteiger partial charge in [0, 0.05) is 10.3 Å². The lowest BCUT2D eigenvalue weighted by molar-refractivity contribution is 0.0262. The number of thiophene rings is 1. The Hall–Kier alpha value is -1.26. The number of thiol groups is 1. The Bertz CT molecular complexity index is 604.